The lowest BCUT2D eigenvalue weighted by Gasteiger charge is -2.49. The van der Waals surface area contributed by atoms with Gasteiger partial charge in [-0.2, -0.15) is 0 Å². The molecule has 3 heteroatoms. The van der Waals surface area contributed by atoms with E-state index in [-0.39, 0.29) is 17.1 Å². The Labute approximate surface area is 188 Å². The maximum absolute atomic E-state index is 13.2. The quantitative estimate of drug-likeness (QED) is 0.535. The number of carbonyl (C=O) groups is 2. The molecule has 2 aliphatic rings. The SMILES string of the molecule is O=C1C[C@@H]2CCc3cc(C(=O)O)ccc3[C@]2(Cc2ccccc2)C/C1=C\c1ccccc1. The highest BCUT2D eigenvalue weighted by Gasteiger charge is 2.49. The molecule has 0 aliphatic heterocycles. The van der Waals surface area contributed by atoms with Gasteiger partial charge in [0.25, 0.3) is 0 Å². The molecule has 0 bridgehead atoms. The van der Waals surface area contributed by atoms with Crippen molar-refractivity contribution in [3.05, 3.63) is 112 Å². The number of ketones is 1. The van der Waals surface area contributed by atoms with Crippen LogP contribution in [0.2, 0.25) is 0 Å². The summed E-state index contributed by atoms with van der Waals surface area (Å²) in [5.41, 5.74) is 5.63. The maximum atomic E-state index is 13.2. The van der Waals surface area contributed by atoms with E-state index in [0.717, 1.165) is 36.0 Å². The molecule has 0 spiro atoms. The van der Waals surface area contributed by atoms with Crippen molar-refractivity contribution in [3.63, 3.8) is 0 Å². The number of Topliss-reactive ketones (excluding diaryl/α,β-unsaturated/α-hetero) is 1. The molecule has 0 heterocycles. The molecule has 1 saturated carbocycles. The molecule has 1 fully saturated rings. The normalized spacial score (nSPS) is 23.4. The van der Waals surface area contributed by atoms with Crippen LogP contribution in [0.4, 0.5) is 0 Å². The Bertz CT molecular complexity index is 1190. The molecular weight excluding hydrogens is 396 g/mol. The Hall–Kier alpha value is -3.46. The van der Waals surface area contributed by atoms with Gasteiger partial charge in [-0.05, 0) is 77.6 Å². The number of carboxylic acid groups (broad SMARTS) is 1. The number of fused-ring (bicyclic) bond motifs is 3. The smallest absolute Gasteiger partial charge is 0.335 e. The van der Waals surface area contributed by atoms with Gasteiger partial charge in [0.2, 0.25) is 0 Å². The van der Waals surface area contributed by atoms with E-state index in [4.69, 9.17) is 0 Å². The average molecular weight is 423 g/mol. The first-order valence-corrected chi connectivity index (χ1v) is 11.2. The highest BCUT2D eigenvalue weighted by atomic mass is 16.4. The second kappa shape index (κ2) is 8.23. The number of hydrogen-bond acceptors (Lipinski definition) is 2. The van der Waals surface area contributed by atoms with Crippen molar-refractivity contribution in [2.45, 2.75) is 37.5 Å². The highest BCUT2D eigenvalue weighted by molar-refractivity contribution is 6.01. The molecule has 0 aromatic heterocycles. The second-order valence-corrected chi connectivity index (χ2v) is 9.12. The summed E-state index contributed by atoms with van der Waals surface area (Å²) in [7, 11) is 0. The van der Waals surface area contributed by atoms with Gasteiger partial charge in [0.1, 0.15) is 0 Å². The molecule has 32 heavy (non-hydrogen) atoms. The second-order valence-electron chi connectivity index (χ2n) is 9.12. The fraction of sp³-hybridized carbons (Fsp3) is 0.241. The van der Waals surface area contributed by atoms with Crippen LogP contribution in [0.15, 0.2) is 84.4 Å². The third-order valence-corrected chi connectivity index (χ3v) is 7.23. The van der Waals surface area contributed by atoms with Crippen LogP contribution in [0.5, 0.6) is 0 Å². The number of carboxylic acids is 1. The summed E-state index contributed by atoms with van der Waals surface area (Å²) in [5.74, 6) is -0.394. The molecule has 0 amide bonds. The molecular formula is C29H26O3. The lowest BCUT2D eigenvalue weighted by atomic mass is 9.54. The topological polar surface area (TPSA) is 54.4 Å². The van der Waals surface area contributed by atoms with Crippen molar-refractivity contribution in [1.29, 1.82) is 0 Å². The third-order valence-electron chi connectivity index (χ3n) is 7.23. The third kappa shape index (κ3) is 3.69. The Kier molecular flexibility index (Phi) is 5.26. The first-order chi connectivity index (χ1) is 15.5. The van der Waals surface area contributed by atoms with Crippen LogP contribution in [0, 0.1) is 5.92 Å². The minimum Gasteiger partial charge on any atom is -0.478 e. The van der Waals surface area contributed by atoms with Crippen LogP contribution < -0.4 is 0 Å². The van der Waals surface area contributed by atoms with Crippen molar-refractivity contribution < 1.29 is 14.7 Å². The number of aryl methyl sites for hydroxylation is 1. The van der Waals surface area contributed by atoms with E-state index >= 15 is 0 Å². The number of rotatable bonds is 4. The van der Waals surface area contributed by atoms with Gasteiger partial charge in [-0.3, -0.25) is 4.79 Å². The monoisotopic (exact) mass is 422 g/mol. The number of allylic oxidation sites excluding steroid dienone is 1. The van der Waals surface area contributed by atoms with Gasteiger partial charge >= 0.3 is 5.97 Å². The zero-order valence-corrected chi connectivity index (χ0v) is 18.0. The van der Waals surface area contributed by atoms with E-state index in [1.807, 2.05) is 54.6 Å². The van der Waals surface area contributed by atoms with Crippen molar-refractivity contribution in [2.75, 3.05) is 0 Å². The summed E-state index contributed by atoms with van der Waals surface area (Å²) in [6, 6.07) is 26.1. The van der Waals surface area contributed by atoms with Gasteiger partial charge in [-0.25, -0.2) is 4.79 Å². The van der Waals surface area contributed by atoms with Crippen LogP contribution in [0.3, 0.4) is 0 Å². The van der Waals surface area contributed by atoms with Gasteiger partial charge in [0.15, 0.2) is 5.78 Å². The van der Waals surface area contributed by atoms with Crippen LogP contribution in [-0.2, 0) is 23.1 Å². The summed E-state index contributed by atoms with van der Waals surface area (Å²) in [6.07, 6.45) is 5.85. The average Bonchev–Trinajstić information content (AvgIpc) is 2.81. The van der Waals surface area contributed by atoms with Gasteiger partial charge in [-0.1, -0.05) is 66.7 Å². The fourth-order valence-electron chi connectivity index (χ4n) is 5.72. The summed E-state index contributed by atoms with van der Waals surface area (Å²) in [6.45, 7) is 0. The first kappa shape index (κ1) is 20.4. The molecule has 0 radical (unpaired) electrons. The lowest BCUT2D eigenvalue weighted by molar-refractivity contribution is -0.119. The van der Waals surface area contributed by atoms with E-state index in [2.05, 4.69) is 24.3 Å². The number of aromatic carboxylic acids is 1. The van der Waals surface area contributed by atoms with Crippen LogP contribution in [0.1, 0.15) is 51.9 Å². The van der Waals surface area contributed by atoms with Crippen molar-refractivity contribution in [2.24, 2.45) is 5.92 Å². The predicted molar refractivity (Wildman–Crippen MR) is 126 cm³/mol. The van der Waals surface area contributed by atoms with Crippen LogP contribution >= 0.6 is 0 Å². The van der Waals surface area contributed by atoms with Crippen molar-refractivity contribution in [3.8, 4) is 0 Å². The molecule has 3 aromatic rings. The van der Waals surface area contributed by atoms with Crippen molar-refractivity contribution in [1.82, 2.24) is 0 Å². The van der Waals surface area contributed by atoms with Gasteiger partial charge in [0, 0.05) is 11.8 Å². The standard InChI is InChI=1S/C29H26O3/c30-27-17-25-13-11-22-16-23(28(31)32)12-14-26(22)29(25,18-21-9-5-2-6-10-21)19-24(27)15-20-7-3-1-4-8-20/h1-10,12,14-16,25H,11,13,17-19H2,(H,31,32)/b24-15+/t25-,29+/m0/s1. The van der Waals surface area contributed by atoms with E-state index in [9.17, 15) is 14.7 Å². The highest BCUT2D eigenvalue weighted by Crippen LogP contribution is 2.52. The summed E-state index contributed by atoms with van der Waals surface area (Å²) in [5, 5.41) is 9.51. The fourth-order valence-corrected chi connectivity index (χ4v) is 5.72. The molecule has 160 valence electrons. The summed E-state index contributed by atoms with van der Waals surface area (Å²) in [4.78, 5) is 24.7. The minimum atomic E-state index is -0.893. The van der Waals surface area contributed by atoms with Gasteiger partial charge in [0.05, 0.1) is 5.56 Å². The number of benzene rings is 3. The Morgan fingerprint density at radius 3 is 2.44 bits per heavy atom. The van der Waals surface area contributed by atoms with Gasteiger partial charge in [-0.15, -0.1) is 0 Å². The molecule has 1 N–H and O–H groups in total. The first-order valence-electron chi connectivity index (χ1n) is 11.2. The van der Waals surface area contributed by atoms with Crippen LogP contribution in [0.25, 0.3) is 6.08 Å². The molecule has 3 nitrogen and oxygen atoms in total. The molecule has 2 atom stereocenters. The Balaban J connectivity index is 1.64. The molecule has 0 unspecified atom stereocenters. The molecule has 0 saturated heterocycles. The zero-order chi connectivity index (χ0) is 22.1. The summed E-state index contributed by atoms with van der Waals surface area (Å²) < 4.78 is 0. The number of carbonyl (C=O) groups excluding carboxylic acids is 1. The molecule has 2 aliphatic carbocycles. The summed E-state index contributed by atoms with van der Waals surface area (Å²) >= 11 is 0. The van der Waals surface area contributed by atoms with E-state index in [0.29, 0.717) is 18.4 Å². The van der Waals surface area contributed by atoms with Crippen molar-refractivity contribution >= 4 is 17.8 Å². The van der Waals surface area contributed by atoms with Crippen LogP contribution in [-0.4, -0.2) is 16.9 Å². The zero-order valence-electron chi connectivity index (χ0n) is 18.0. The number of hydrogen-bond donors (Lipinski definition) is 1. The van der Waals surface area contributed by atoms with E-state index in [1.54, 1.807) is 6.07 Å². The predicted octanol–water partition coefficient (Wildman–Crippen LogP) is 5.87. The largest absolute Gasteiger partial charge is 0.478 e. The van der Waals surface area contributed by atoms with Gasteiger partial charge < -0.3 is 5.11 Å². The Morgan fingerprint density at radius 1 is 1.00 bits per heavy atom. The maximum Gasteiger partial charge on any atom is 0.335 e. The Morgan fingerprint density at radius 2 is 1.72 bits per heavy atom. The minimum absolute atomic E-state index is 0.208. The van der Waals surface area contributed by atoms with E-state index in [1.165, 1.54) is 11.1 Å². The lowest BCUT2D eigenvalue weighted by Crippen LogP contribution is -2.46. The molecule has 5 rings (SSSR count). The van der Waals surface area contributed by atoms with E-state index < -0.39 is 5.97 Å². The molecule has 3 aromatic carbocycles.